The standard InChI is InChI=1S/C8H9N5O2/c9-7-4(3-11-8(10)12-7)13-5(14)1-2-6(13)15/h3H,1-2H2,(H4,9,10,11,12). The SMILES string of the molecule is Nc1ncc(N2C(=O)CCC2=O)c(N)n1. The highest BCUT2D eigenvalue weighted by atomic mass is 16.2. The van der Waals surface area contributed by atoms with Gasteiger partial charge in [0.2, 0.25) is 17.8 Å². The van der Waals surface area contributed by atoms with Gasteiger partial charge in [0.05, 0.1) is 6.20 Å². The van der Waals surface area contributed by atoms with Crippen LogP contribution >= 0.6 is 0 Å². The molecular formula is C8H9N5O2. The molecule has 2 rings (SSSR count). The first-order valence-corrected chi connectivity index (χ1v) is 4.33. The van der Waals surface area contributed by atoms with Crippen molar-refractivity contribution in [1.29, 1.82) is 0 Å². The number of nitrogens with zero attached hydrogens (tertiary/aromatic N) is 3. The molecule has 0 aromatic carbocycles. The minimum atomic E-state index is -0.292. The summed E-state index contributed by atoms with van der Waals surface area (Å²) in [6.45, 7) is 0. The Morgan fingerprint density at radius 1 is 1.20 bits per heavy atom. The van der Waals surface area contributed by atoms with Gasteiger partial charge >= 0.3 is 0 Å². The molecule has 0 unspecified atom stereocenters. The average molecular weight is 207 g/mol. The Kier molecular flexibility index (Phi) is 2.00. The van der Waals surface area contributed by atoms with Crippen molar-refractivity contribution >= 4 is 29.3 Å². The third-order valence-electron chi connectivity index (χ3n) is 2.11. The van der Waals surface area contributed by atoms with Crippen LogP contribution in [0.4, 0.5) is 17.5 Å². The summed E-state index contributed by atoms with van der Waals surface area (Å²) in [4.78, 5) is 31.1. The van der Waals surface area contributed by atoms with Gasteiger partial charge in [-0.25, -0.2) is 9.88 Å². The third kappa shape index (κ3) is 1.47. The van der Waals surface area contributed by atoms with Gasteiger partial charge < -0.3 is 11.5 Å². The molecule has 0 saturated carbocycles. The Labute approximate surface area is 85.1 Å². The number of rotatable bonds is 1. The number of hydrogen-bond acceptors (Lipinski definition) is 6. The second-order valence-corrected chi connectivity index (χ2v) is 3.12. The number of carbonyl (C=O) groups excluding carboxylic acids is 2. The number of anilines is 3. The van der Waals surface area contributed by atoms with Crippen LogP contribution in [0.5, 0.6) is 0 Å². The molecule has 0 bridgehead atoms. The number of carbonyl (C=O) groups is 2. The summed E-state index contributed by atoms with van der Waals surface area (Å²) in [5.41, 5.74) is 11.1. The fourth-order valence-electron chi connectivity index (χ4n) is 1.42. The molecule has 1 fully saturated rings. The molecular weight excluding hydrogens is 198 g/mol. The molecule has 15 heavy (non-hydrogen) atoms. The molecule has 0 atom stereocenters. The Balaban J connectivity index is 2.45. The maximum absolute atomic E-state index is 11.4. The smallest absolute Gasteiger partial charge is 0.234 e. The van der Waals surface area contributed by atoms with Crippen molar-refractivity contribution in [3.05, 3.63) is 6.20 Å². The number of hydrogen-bond donors (Lipinski definition) is 2. The van der Waals surface area contributed by atoms with E-state index in [2.05, 4.69) is 9.97 Å². The zero-order valence-corrected chi connectivity index (χ0v) is 7.80. The van der Waals surface area contributed by atoms with Crippen molar-refractivity contribution in [2.75, 3.05) is 16.4 Å². The van der Waals surface area contributed by atoms with Crippen molar-refractivity contribution < 1.29 is 9.59 Å². The zero-order valence-electron chi connectivity index (χ0n) is 7.80. The van der Waals surface area contributed by atoms with Crippen LogP contribution in [0.15, 0.2) is 6.20 Å². The molecule has 1 aliphatic heterocycles. The molecule has 0 aliphatic carbocycles. The van der Waals surface area contributed by atoms with E-state index < -0.39 is 0 Å². The van der Waals surface area contributed by atoms with E-state index in [1.807, 2.05) is 0 Å². The van der Waals surface area contributed by atoms with Gasteiger partial charge in [-0.3, -0.25) is 9.59 Å². The Morgan fingerprint density at radius 3 is 2.33 bits per heavy atom. The lowest BCUT2D eigenvalue weighted by Crippen LogP contribution is -2.29. The molecule has 2 amide bonds. The molecule has 1 saturated heterocycles. The number of nitrogen functional groups attached to an aromatic ring is 2. The van der Waals surface area contributed by atoms with E-state index in [1.54, 1.807) is 0 Å². The maximum Gasteiger partial charge on any atom is 0.234 e. The van der Waals surface area contributed by atoms with E-state index in [1.165, 1.54) is 6.20 Å². The third-order valence-corrected chi connectivity index (χ3v) is 2.11. The minimum absolute atomic E-state index is 0.00958. The zero-order chi connectivity index (χ0) is 11.0. The van der Waals surface area contributed by atoms with E-state index >= 15 is 0 Å². The molecule has 0 spiro atoms. The van der Waals surface area contributed by atoms with Gasteiger partial charge in [-0.15, -0.1) is 0 Å². The fourth-order valence-corrected chi connectivity index (χ4v) is 1.42. The van der Waals surface area contributed by atoms with E-state index in [4.69, 9.17) is 11.5 Å². The van der Waals surface area contributed by atoms with Gasteiger partial charge in [0, 0.05) is 12.8 Å². The quantitative estimate of drug-likeness (QED) is 0.588. The number of nitrogens with two attached hydrogens (primary N) is 2. The van der Waals surface area contributed by atoms with E-state index in [-0.39, 0.29) is 42.1 Å². The highest BCUT2D eigenvalue weighted by Gasteiger charge is 2.32. The van der Waals surface area contributed by atoms with Crippen LogP contribution in [0.25, 0.3) is 0 Å². The monoisotopic (exact) mass is 207 g/mol. The molecule has 7 heteroatoms. The first-order valence-electron chi connectivity index (χ1n) is 4.33. The Hall–Kier alpha value is -2.18. The topological polar surface area (TPSA) is 115 Å². The van der Waals surface area contributed by atoms with E-state index in [0.29, 0.717) is 0 Å². The van der Waals surface area contributed by atoms with Gasteiger partial charge in [-0.2, -0.15) is 4.98 Å². The minimum Gasteiger partial charge on any atom is -0.382 e. The highest BCUT2D eigenvalue weighted by molar-refractivity contribution is 6.20. The van der Waals surface area contributed by atoms with Crippen molar-refractivity contribution in [1.82, 2.24) is 9.97 Å². The van der Waals surface area contributed by atoms with Gasteiger partial charge in [0.1, 0.15) is 5.69 Å². The summed E-state index contributed by atoms with van der Waals surface area (Å²) in [6, 6.07) is 0. The fraction of sp³-hybridized carbons (Fsp3) is 0.250. The van der Waals surface area contributed by atoms with Gasteiger partial charge in [0.25, 0.3) is 0 Å². The van der Waals surface area contributed by atoms with Gasteiger partial charge in [-0.1, -0.05) is 0 Å². The summed E-state index contributed by atoms with van der Waals surface area (Å²) >= 11 is 0. The number of imide groups is 1. The van der Waals surface area contributed by atoms with Crippen LogP contribution in [-0.4, -0.2) is 21.8 Å². The Morgan fingerprint density at radius 2 is 1.80 bits per heavy atom. The molecule has 7 nitrogen and oxygen atoms in total. The predicted octanol–water partition coefficient (Wildman–Crippen LogP) is -0.706. The lowest BCUT2D eigenvalue weighted by Gasteiger charge is -2.14. The first-order chi connectivity index (χ1) is 7.09. The molecule has 2 heterocycles. The van der Waals surface area contributed by atoms with E-state index in [0.717, 1.165) is 4.90 Å². The largest absolute Gasteiger partial charge is 0.382 e. The van der Waals surface area contributed by atoms with Crippen LogP contribution in [0, 0.1) is 0 Å². The summed E-state index contributed by atoms with van der Waals surface area (Å²) in [7, 11) is 0. The van der Waals surface area contributed by atoms with Crippen LogP contribution < -0.4 is 16.4 Å². The molecule has 78 valence electrons. The summed E-state index contributed by atoms with van der Waals surface area (Å²) in [6.07, 6.45) is 1.67. The first kappa shape index (κ1) is 9.38. The lowest BCUT2D eigenvalue weighted by molar-refractivity contribution is -0.121. The maximum atomic E-state index is 11.4. The normalized spacial score (nSPS) is 16.1. The van der Waals surface area contributed by atoms with Crippen molar-refractivity contribution in [3.8, 4) is 0 Å². The van der Waals surface area contributed by atoms with Gasteiger partial charge in [0.15, 0.2) is 5.82 Å². The van der Waals surface area contributed by atoms with E-state index in [9.17, 15) is 9.59 Å². The Bertz CT molecular complexity index is 429. The second kappa shape index (κ2) is 3.19. The highest BCUT2D eigenvalue weighted by Crippen LogP contribution is 2.26. The molecule has 1 aliphatic rings. The number of amides is 2. The predicted molar refractivity (Wildman–Crippen MR) is 52.6 cm³/mol. The second-order valence-electron chi connectivity index (χ2n) is 3.12. The molecule has 1 aromatic heterocycles. The molecule has 0 radical (unpaired) electrons. The van der Waals surface area contributed by atoms with Crippen molar-refractivity contribution in [2.45, 2.75) is 12.8 Å². The molecule has 4 N–H and O–H groups in total. The van der Waals surface area contributed by atoms with Crippen LogP contribution in [-0.2, 0) is 9.59 Å². The summed E-state index contributed by atoms with van der Waals surface area (Å²) in [5, 5.41) is 0. The van der Waals surface area contributed by atoms with Crippen LogP contribution in [0.1, 0.15) is 12.8 Å². The van der Waals surface area contributed by atoms with Crippen LogP contribution in [0.2, 0.25) is 0 Å². The summed E-state index contributed by atoms with van der Waals surface area (Å²) in [5.74, 6) is -0.540. The average Bonchev–Trinajstić information content (AvgIpc) is 2.48. The van der Waals surface area contributed by atoms with Crippen molar-refractivity contribution in [3.63, 3.8) is 0 Å². The van der Waals surface area contributed by atoms with Crippen molar-refractivity contribution in [2.24, 2.45) is 0 Å². The lowest BCUT2D eigenvalue weighted by atomic mass is 10.4. The van der Waals surface area contributed by atoms with Gasteiger partial charge in [-0.05, 0) is 0 Å². The summed E-state index contributed by atoms with van der Waals surface area (Å²) < 4.78 is 0. The molecule has 1 aromatic rings. The number of aromatic nitrogens is 2. The van der Waals surface area contributed by atoms with Crippen LogP contribution in [0.3, 0.4) is 0 Å².